The Bertz CT molecular complexity index is 653. The number of carboxylic acids is 1. The number of hydrogen-bond acceptors (Lipinski definition) is 4. The zero-order chi connectivity index (χ0) is 16.1. The van der Waals surface area contributed by atoms with Crippen molar-refractivity contribution in [3.63, 3.8) is 0 Å². The number of hydrogen-bond donors (Lipinski definition) is 1. The van der Waals surface area contributed by atoms with Gasteiger partial charge in [0.15, 0.2) is 0 Å². The second-order valence-corrected chi connectivity index (χ2v) is 5.96. The summed E-state index contributed by atoms with van der Waals surface area (Å²) in [6.45, 7) is 6.91. The number of likely N-dealkylation sites (N-methyl/N-ethyl adjacent to an activating group) is 1. The molecule has 118 valence electrons. The average molecular weight is 322 g/mol. The molecule has 0 aliphatic rings. The van der Waals surface area contributed by atoms with Gasteiger partial charge in [0.1, 0.15) is 10.7 Å². The lowest BCUT2D eigenvalue weighted by atomic mass is 10.1. The van der Waals surface area contributed by atoms with E-state index in [1.165, 1.54) is 23.5 Å². The van der Waals surface area contributed by atoms with Crippen molar-refractivity contribution in [2.75, 3.05) is 19.6 Å². The number of aromatic nitrogens is 1. The van der Waals surface area contributed by atoms with Crippen LogP contribution in [0.15, 0.2) is 24.3 Å². The summed E-state index contributed by atoms with van der Waals surface area (Å²) in [4.78, 5) is 18.3. The van der Waals surface area contributed by atoms with Gasteiger partial charge in [-0.1, -0.05) is 26.0 Å². The molecule has 4 nitrogen and oxygen atoms in total. The van der Waals surface area contributed by atoms with Gasteiger partial charge in [-0.3, -0.25) is 0 Å². The Morgan fingerprint density at radius 3 is 2.68 bits per heavy atom. The largest absolute Gasteiger partial charge is 0.477 e. The van der Waals surface area contributed by atoms with Crippen LogP contribution < -0.4 is 0 Å². The van der Waals surface area contributed by atoms with E-state index in [0.29, 0.717) is 17.7 Å². The highest BCUT2D eigenvalue weighted by Crippen LogP contribution is 2.29. The Morgan fingerprint density at radius 1 is 1.36 bits per heavy atom. The second kappa shape index (κ2) is 7.47. The number of halogens is 1. The van der Waals surface area contributed by atoms with Gasteiger partial charge in [0, 0.05) is 18.5 Å². The van der Waals surface area contributed by atoms with Crippen LogP contribution in [0, 0.1) is 5.82 Å². The van der Waals surface area contributed by atoms with Crippen LogP contribution >= 0.6 is 11.3 Å². The fourth-order valence-electron chi connectivity index (χ4n) is 2.24. The van der Waals surface area contributed by atoms with Gasteiger partial charge in [-0.05, 0) is 25.2 Å². The Hall–Kier alpha value is -1.79. The van der Waals surface area contributed by atoms with E-state index in [-0.39, 0.29) is 4.88 Å². The van der Waals surface area contributed by atoms with Crippen molar-refractivity contribution in [1.29, 1.82) is 0 Å². The summed E-state index contributed by atoms with van der Waals surface area (Å²) in [7, 11) is 0. The summed E-state index contributed by atoms with van der Waals surface area (Å²) in [5.74, 6) is -1.42. The molecule has 0 atom stereocenters. The van der Waals surface area contributed by atoms with Gasteiger partial charge >= 0.3 is 5.97 Å². The van der Waals surface area contributed by atoms with Crippen molar-refractivity contribution in [2.24, 2.45) is 0 Å². The second-order valence-electron chi connectivity index (χ2n) is 4.88. The fourth-order valence-corrected chi connectivity index (χ4v) is 3.15. The number of carboxylic acid groups (broad SMARTS) is 1. The summed E-state index contributed by atoms with van der Waals surface area (Å²) in [5.41, 5.74) is 0.856. The Kier molecular flexibility index (Phi) is 5.63. The molecule has 1 aromatic heterocycles. The smallest absolute Gasteiger partial charge is 0.348 e. The van der Waals surface area contributed by atoms with Gasteiger partial charge in [0.25, 0.3) is 0 Å². The predicted molar refractivity (Wildman–Crippen MR) is 86.0 cm³/mol. The van der Waals surface area contributed by atoms with E-state index in [9.17, 15) is 14.3 Å². The van der Waals surface area contributed by atoms with Crippen molar-refractivity contribution in [2.45, 2.75) is 20.3 Å². The quantitative estimate of drug-likeness (QED) is 0.847. The topological polar surface area (TPSA) is 53.4 Å². The van der Waals surface area contributed by atoms with Crippen molar-refractivity contribution >= 4 is 17.3 Å². The zero-order valence-corrected chi connectivity index (χ0v) is 13.5. The molecule has 0 spiro atoms. The lowest BCUT2D eigenvalue weighted by Gasteiger charge is -2.16. The van der Waals surface area contributed by atoms with Crippen molar-refractivity contribution in [1.82, 2.24) is 9.88 Å². The molecule has 2 rings (SSSR count). The molecule has 2 aromatic rings. The molecular formula is C16H19FN2O2S. The molecule has 0 aliphatic carbocycles. The van der Waals surface area contributed by atoms with Crippen LogP contribution in [0.25, 0.3) is 11.3 Å². The molecule has 1 aromatic carbocycles. The number of rotatable bonds is 7. The maximum Gasteiger partial charge on any atom is 0.348 e. The lowest BCUT2D eigenvalue weighted by molar-refractivity contribution is 0.0702. The van der Waals surface area contributed by atoms with E-state index in [4.69, 9.17) is 0 Å². The molecule has 0 amide bonds. The molecule has 0 radical (unpaired) electrons. The van der Waals surface area contributed by atoms with E-state index >= 15 is 0 Å². The van der Waals surface area contributed by atoms with E-state index in [1.54, 1.807) is 12.1 Å². The van der Waals surface area contributed by atoms with E-state index < -0.39 is 11.8 Å². The summed E-state index contributed by atoms with van der Waals surface area (Å²) in [6, 6.07) is 5.89. The number of carbonyl (C=O) groups is 1. The average Bonchev–Trinajstić information content (AvgIpc) is 2.93. The van der Waals surface area contributed by atoms with Crippen LogP contribution in [0.1, 0.15) is 28.5 Å². The maximum atomic E-state index is 13.4. The summed E-state index contributed by atoms with van der Waals surface area (Å²) >= 11 is 1.17. The van der Waals surface area contributed by atoms with Crippen LogP contribution in [0.4, 0.5) is 4.39 Å². The van der Waals surface area contributed by atoms with Crippen LogP contribution in [-0.2, 0) is 6.42 Å². The third-order valence-corrected chi connectivity index (χ3v) is 4.60. The molecule has 1 heterocycles. The molecule has 0 saturated carbocycles. The standard InChI is InChI=1S/C16H19FN2O2S/c1-3-19(4-2)9-8-13-18-14(15(22-13)16(20)21)11-6-5-7-12(17)10-11/h5-7,10H,3-4,8-9H2,1-2H3,(H,20,21). The number of thiazole rings is 1. The van der Waals surface area contributed by atoms with E-state index in [2.05, 4.69) is 23.7 Å². The highest BCUT2D eigenvalue weighted by Gasteiger charge is 2.19. The maximum absolute atomic E-state index is 13.4. The van der Waals surface area contributed by atoms with E-state index in [1.807, 2.05) is 0 Å². The molecule has 0 fully saturated rings. The van der Waals surface area contributed by atoms with Crippen LogP contribution in [0.5, 0.6) is 0 Å². The normalized spacial score (nSPS) is 11.1. The predicted octanol–water partition coefficient (Wildman–Crippen LogP) is 3.53. The van der Waals surface area contributed by atoms with Gasteiger partial charge in [-0.15, -0.1) is 11.3 Å². The first-order valence-electron chi connectivity index (χ1n) is 7.26. The Balaban J connectivity index is 2.28. The van der Waals surface area contributed by atoms with Crippen molar-refractivity contribution < 1.29 is 14.3 Å². The minimum Gasteiger partial charge on any atom is -0.477 e. The zero-order valence-electron chi connectivity index (χ0n) is 12.7. The lowest BCUT2D eigenvalue weighted by Crippen LogP contribution is -2.25. The van der Waals surface area contributed by atoms with Crippen LogP contribution in [-0.4, -0.2) is 40.6 Å². The third-order valence-electron chi connectivity index (χ3n) is 3.50. The van der Waals surface area contributed by atoms with Gasteiger partial charge in [-0.25, -0.2) is 14.2 Å². The summed E-state index contributed by atoms with van der Waals surface area (Å²) < 4.78 is 13.4. The highest BCUT2D eigenvalue weighted by molar-refractivity contribution is 7.14. The first-order valence-corrected chi connectivity index (χ1v) is 8.08. The molecule has 1 N–H and O–H groups in total. The molecule has 0 saturated heterocycles. The molecule has 0 unspecified atom stereocenters. The third kappa shape index (κ3) is 3.90. The van der Waals surface area contributed by atoms with Crippen molar-refractivity contribution in [3.05, 3.63) is 40.0 Å². The number of nitrogens with zero attached hydrogens (tertiary/aromatic N) is 2. The molecule has 0 bridgehead atoms. The van der Waals surface area contributed by atoms with Gasteiger partial charge in [-0.2, -0.15) is 0 Å². The molecule has 22 heavy (non-hydrogen) atoms. The Labute approximate surface area is 133 Å². The Morgan fingerprint density at radius 2 is 2.09 bits per heavy atom. The van der Waals surface area contributed by atoms with E-state index in [0.717, 1.165) is 24.6 Å². The minimum absolute atomic E-state index is 0.167. The highest BCUT2D eigenvalue weighted by atomic mass is 32.1. The fraction of sp³-hybridized carbons (Fsp3) is 0.375. The monoisotopic (exact) mass is 322 g/mol. The SMILES string of the molecule is CCN(CC)CCc1nc(-c2cccc(F)c2)c(C(=O)O)s1. The summed E-state index contributed by atoms with van der Waals surface area (Å²) in [5, 5.41) is 10.1. The van der Waals surface area contributed by atoms with Crippen LogP contribution in [0.3, 0.4) is 0 Å². The van der Waals surface area contributed by atoms with Gasteiger partial charge in [0.2, 0.25) is 0 Å². The molecular weight excluding hydrogens is 303 g/mol. The van der Waals surface area contributed by atoms with Gasteiger partial charge in [0.05, 0.1) is 10.7 Å². The number of aromatic carboxylic acids is 1. The summed E-state index contributed by atoms with van der Waals surface area (Å²) in [6.07, 6.45) is 0.696. The molecule has 6 heteroatoms. The van der Waals surface area contributed by atoms with Crippen molar-refractivity contribution in [3.8, 4) is 11.3 Å². The first-order chi connectivity index (χ1) is 10.5. The first kappa shape index (κ1) is 16.6. The van der Waals surface area contributed by atoms with Gasteiger partial charge < -0.3 is 10.0 Å². The molecule has 0 aliphatic heterocycles. The number of benzene rings is 1. The minimum atomic E-state index is -1.02. The van der Waals surface area contributed by atoms with Crippen LogP contribution in [0.2, 0.25) is 0 Å².